The number of amides is 1. The number of carbonyl (C=O) groups excluding carboxylic acids is 1. The molecule has 1 N–H and O–H groups in total. The van der Waals surface area contributed by atoms with Crippen LogP contribution in [0.5, 0.6) is 5.75 Å². The average Bonchev–Trinajstić information content (AvgIpc) is 2.64. The summed E-state index contributed by atoms with van der Waals surface area (Å²) in [4.78, 5) is 14.5. The van der Waals surface area contributed by atoms with Gasteiger partial charge in [0, 0.05) is 31.6 Å². The lowest BCUT2D eigenvalue weighted by molar-refractivity contribution is -0.124. The molecule has 0 aliphatic carbocycles. The summed E-state index contributed by atoms with van der Waals surface area (Å²) in [6.45, 7) is 8.59. The molecule has 1 amide bonds. The van der Waals surface area contributed by atoms with Gasteiger partial charge in [0.05, 0.1) is 12.7 Å². The van der Waals surface area contributed by atoms with Crippen LogP contribution in [0.1, 0.15) is 13.8 Å². The average molecular weight is 356 g/mol. The number of nitrogens with one attached hydrogen (secondary N) is 1. The maximum Gasteiger partial charge on any atom is 0.258 e. The standard InChI is InChI=1S/C21H28N2O3/c1-16(2)13-23-10-11-25-18(14-23)12-22-21(24)15-26-20-9-5-7-17-6-3-4-8-19(17)20/h3-9,16,18H,10-15H2,1-2H3,(H,22,24). The van der Waals surface area contributed by atoms with Crippen molar-refractivity contribution < 1.29 is 14.3 Å². The van der Waals surface area contributed by atoms with E-state index in [1.54, 1.807) is 0 Å². The van der Waals surface area contributed by atoms with Crippen LogP contribution in [0.15, 0.2) is 42.5 Å². The van der Waals surface area contributed by atoms with Gasteiger partial charge in [-0.3, -0.25) is 9.69 Å². The van der Waals surface area contributed by atoms with Crippen molar-refractivity contribution in [2.24, 2.45) is 5.92 Å². The molecule has 0 radical (unpaired) electrons. The minimum absolute atomic E-state index is 0.0104. The van der Waals surface area contributed by atoms with Gasteiger partial charge in [0.25, 0.3) is 5.91 Å². The Labute approximate surface area is 155 Å². The summed E-state index contributed by atoms with van der Waals surface area (Å²) in [5, 5.41) is 5.05. The van der Waals surface area contributed by atoms with Crippen molar-refractivity contribution in [3.8, 4) is 5.75 Å². The summed E-state index contributed by atoms with van der Waals surface area (Å²) < 4.78 is 11.5. The van der Waals surface area contributed by atoms with Crippen LogP contribution in [0.4, 0.5) is 0 Å². The molecule has 0 aromatic heterocycles. The van der Waals surface area contributed by atoms with E-state index in [0.717, 1.165) is 42.8 Å². The zero-order valence-corrected chi connectivity index (χ0v) is 15.6. The summed E-state index contributed by atoms with van der Waals surface area (Å²) in [5.41, 5.74) is 0. The van der Waals surface area contributed by atoms with Crippen molar-refractivity contribution in [3.63, 3.8) is 0 Å². The lowest BCUT2D eigenvalue weighted by Crippen LogP contribution is -2.48. The summed E-state index contributed by atoms with van der Waals surface area (Å²) in [7, 11) is 0. The van der Waals surface area contributed by atoms with E-state index in [4.69, 9.17) is 9.47 Å². The first kappa shape index (κ1) is 18.7. The van der Waals surface area contributed by atoms with Crippen molar-refractivity contribution in [2.45, 2.75) is 20.0 Å². The first-order valence-electron chi connectivity index (χ1n) is 9.33. The van der Waals surface area contributed by atoms with Gasteiger partial charge in [0.1, 0.15) is 5.75 Å². The number of rotatable bonds is 7. The zero-order chi connectivity index (χ0) is 18.4. The van der Waals surface area contributed by atoms with E-state index in [1.165, 1.54) is 0 Å². The van der Waals surface area contributed by atoms with Crippen molar-refractivity contribution >= 4 is 16.7 Å². The Bertz CT molecular complexity index is 727. The molecule has 0 bridgehead atoms. The predicted octanol–water partition coefficient (Wildman–Crippen LogP) is 2.69. The fourth-order valence-electron chi connectivity index (χ4n) is 3.33. The second kappa shape index (κ2) is 9.01. The van der Waals surface area contributed by atoms with Crippen molar-refractivity contribution in [1.29, 1.82) is 0 Å². The number of carbonyl (C=O) groups is 1. The van der Waals surface area contributed by atoms with Gasteiger partial charge in [-0.1, -0.05) is 50.2 Å². The molecule has 26 heavy (non-hydrogen) atoms. The minimum atomic E-state index is -0.123. The highest BCUT2D eigenvalue weighted by Gasteiger charge is 2.21. The van der Waals surface area contributed by atoms with E-state index < -0.39 is 0 Å². The Morgan fingerprint density at radius 2 is 2.08 bits per heavy atom. The molecular weight excluding hydrogens is 328 g/mol. The molecule has 1 unspecified atom stereocenters. The van der Waals surface area contributed by atoms with Crippen molar-refractivity contribution in [1.82, 2.24) is 10.2 Å². The normalized spacial score (nSPS) is 18.2. The highest BCUT2D eigenvalue weighted by Crippen LogP contribution is 2.24. The predicted molar refractivity (Wildman–Crippen MR) is 103 cm³/mol. The molecule has 0 spiro atoms. The molecule has 1 fully saturated rings. The molecule has 5 heteroatoms. The Morgan fingerprint density at radius 3 is 2.92 bits per heavy atom. The summed E-state index contributed by atoms with van der Waals surface area (Å²) in [6, 6.07) is 13.9. The maximum absolute atomic E-state index is 12.1. The number of morpholine rings is 1. The van der Waals surface area contributed by atoms with Gasteiger partial charge in [-0.2, -0.15) is 0 Å². The fraction of sp³-hybridized carbons (Fsp3) is 0.476. The van der Waals surface area contributed by atoms with Crippen LogP contribution in [0.25, 0.3) is 10.8 Å². The van der Waals surface area contributed by atoms with Gasteiger partial charge in [-0.25, -0.2) is 0 Å². The lowest BCUT2D eigenvalue weighted by Gasteiger charge is -2.33. The molecule has 2 aromatic carbocycles. The van der Waals surface area contributed by atoms with Crippen LogP contribution in [-0.2, 0) is 9.53 Å². The largest absolute Gasteiger partial charge is 0.483 e. The third-order valence-corrected chi connectivity index (χ3v) is 4.48. The number of fused-ring (bicyclic) bond motifs is 1. The van der Waals surface area contributed by atoms with Crippen molar-refractivity contribution in [2.75, 3.05) is 39.4 Å². The highest BCUT2D eigenvalue weighted by molar-refractivity contribution is 5.88. The van der Waals surface area contributed by atoms with Crippen LogP contribution >= 0.6 is 0 Å². The van der Waals surface area contributed by atoms with E-state index in [-0.39, 0.29) is 18.6 Å². The number of nitrogens with zero attached hydrogens (tertiary/aromatic N) is 1. The molecule has 1 aliphatic rings. The SMILES string of the molecule is CC(C)CN1CCOC(CNC(=O)COc2cccc3ccccc23)C1. The molecule has 5 nitrogen and oxygen atoms in total. The molecular formula is C21H28N2O3. The number of benzene rings is 2. The molecule has 1 heterocycles. The van der Waals surface area contributed by atoms with Gasteiger partial charge in [-0.15, -0.1) is 0 Å². The molecule has 2 aromatic rings. The van der Waals surface area contributed by atoms with Crippen LogP contribution in [0.3, 0.4) is 0 Å². The van der Waals surface area contributed by atoms with Gasteiger partial charge in [-0.05, 0) is 17.4 Å². The fourth-order valence-corrected chi connectivity index (χ4v) is 3.33. The van der Waals surface area contributed by atoms with Gasteiger partial charge in [0.2, 0.25) is 0 Å². The van der Waals surface area contributed by atoms with E-state index >= 15 is 0 Å². The molecule has 140 valence electrons. The van der Waals surface area contributed by atoms with Crippen LogP contribution < -0.4 is 10.1 Å². The quantitative estimate of drug-likeness (QED) is 0.829. The monoisotopic (exact) mass is 356 g/mol. The maximum atomic E-state index is 12.1. The van der Waals surface area contributed by atoms with E-state index in [2.05, 4.69) is 24.1 Å². The second-order valence-corrected chi connectivity index (χ2v) is 7.22. The second-order valence-electron chi connectivity index (χ2n) is 7.22. The Kier molecular flexibility index (Phi) is 6.47. The summed E-state index contributed by atoms with van der Waals surface area (Å²) in [6.07, 6.45) is 0.0454. The van der Waals surface area contributed by atoms with Crippen LogP contribution in [0, 0.1) is 5.92 Å². The third kappa shape index (κ3) is 5.19. The van der Waals surface area contributed by atoms with E-state index in [0.29, 0.717) is 12.5 Å². The number of hydrogen-bond acceptors (Lipinski definition) is 4. The number of ether oxygens (including phenoxy) is 2. The first-order valence-corrected chi connectivity index (χ1v) is 9.33. The Morgan fingerprint density at radius 1 is 1.27 bits per heavy atom. The van der Waals surface area contributed by atoms with Crippen LogP contribution in [0.2, 0.25) is 0 Å². The Balaban J connectivity index is 1.45. The van der Waals surface area contributed by atoms with E-state index in [1.807, 2.05) is 42.5 Å². The first-order chi connectivity index (χ1) is 12.6. The van der Waals surface area contributed by atoms with Gasteiger partial charge in [0.15, 0.2) is 6.61 Å². The van der Waals surface area contributed by atoms with Gasteiger partial charge >= 0.3 is 0 Å². The third-order valence-electron chi connectivity index (χ3n) is 4.48. The molecule has 1 aliphatic heterocycles. The summed E-state index contributed by atoms with van der Waals surface area (Å²) in [5.74, 6) is 1.25. The zero-order valence-electron chi connectivity index (χ0n) is 15.6. The molecule has 1 atom stereocenters. The molecule has 3 rings (SSSR count). The number of hydrogen-bond donors (Lipinski definition) is 1. The summed E-state index contributed by atoms with van der Waals surface area (Å²) >= 11 is 0. The van der Waals surface area contributed by atoms with Crippen molar-refractivity contribution in [3.05, 3.63) is 42.5 Å². The Hall–Kier alpha value is -2.11. The van der Waals surface area contributed by atoms with Crippen LogP contribution in [-0.4, -0.2) is 56.3 Å². The lowest BCUT2D eigenvalue weighted by atomic mass is 10.1. The van der Waals surface area contributed by atoms with E-state index in [9.17, 15) is 4.79 Å². The highest BCUT2D eigenvalue weighted by atomic mass is 16.5. The topological polar surface area (TPSA) is 50.8 Å². The minimum Gasteiger partial charge on any atom is -0.483 e. The molecule has 0 saturated carbocycles. The molecule has 1 saturated heterocycles. The van der Waals surface area contributed by atoms with Gasteiger partial charge < -0.3 is 14.8 Å². The smallest absolute Gasteiger partial charge is 0.258 e.